The minimum atomic E-state index is -0.115. The van der Waals surface area contributed by atoms with E-state index in [-0.39, 0.29) is 5.91 Å². The molecular formula is C14H17N3OS. The molecule has 100 valence electrons. The summed E-state index contributed by atoms with van der Waals surface area (Å²) in [4.78, 5) is 16.2. The highest BCUT2D eigenvalue weighted by molar-refractivity contribution is 7.13. The molecule has 0 aliphatic heterocycles. The molecule has 1 heterocycles. The molecule has 19 heavy (non-hydrogen) atoms. The van der Waals surface area contributed by atoms with Crippen molar-refractivity contribution in [3.63, 3.8) is 0 Å². The summed E-state index contributed by atoms with van der Waals surface area (Å²) in [7, 11) is 0. The SMILES string of the molecule is NCCCCNC(=O)c1csc(-c2ccccc2)n1. The van der Waals surface area contributed by atoms with Gasteiger partial charge in [-0.3, -0.25) is 4.79 Å². The van der Waals surface area contributed by atoms with E-state index in [4.69, 9.17) is 5.73 Å². The Morgan fingerprint density at radius 1 is 1.26 bits per heavy atom. The van der Waals surface area contributed by atoms with Gasteiger partial charge in [-0.2, -0.15) is 0 Å². The molecule has 0 saturated carbocycles. The highest BCUT2D eigenvalue weighted by Crippen LogP contribution is 2.23. The summed E-state index contributed by atoms with van der Waals surface area (Å²) < 4.78 is 0. The van der Waals surface area contributed by atoms with Crippen LogP contribution in [0.4, 0.5) is 0 Å². The van der Waals surface area contributed by atoms with Crippen LogP contribution in [-0.4, -0.2) is 24.0 Å². The van der Waals surface area contributed by atoms with Gasteiger partial charge < -0.3 is 11.1 Å². The predicted molar refractivity (Wildman–Crippen MR) is 78.2 cm³/mol. The zero-order valence-electron chi connectivity index (χ0n) is 10.6. The molecule has 0 radical (unpaired) electrons. The maximum absolute atomic E-state index is 11.9. The molecule has 0 spiro atoms. The van der Waals surface area contributed by atoms with Gasteiger partial charge in [-0.15, -0.1) is 11.3 Å². The lowest BCUT2D eigenvalue weighted by atomic mass is 10.2. The summed E-state index contributed by atoms with van der Waals surface area (Å²) in [6.07, 6.45) is 1.82. The lowest BCUT2D eigenvalue weighted by Gasteiger charge is -2.01. The summed E-state index contributed by atoms with van der Waals surface area (Å²) in [6, 6.07) is 9.86. The minimum absolute atomic E-state index is 0.115. The molecule has 0 aliphatic carbocycles. The van der Waals surface area contributed by atoms with E-state index in [0.717, 1.165) is 23.4 Å². The van der Waals surface area contributed by atoms with Crippen LogP contribution < -0.4 is 11.1 Å². The Bertz CT molecular complexity index is 524. The third-order valence-corrected chi connectivity index (χ3v) is 3.57. The second-order valence-corrected chi connectivity index (χ2v) is 5.01. The van der Waals surface area contributed by atoms with Crippen molar-refractivity contribution in [1.29, 1.82) is 0 Å². The Kier molecular flexibility index (Phi) is 5.06. The Hall–Kier alpha value is -1.72. The number of hydrogen-bond donors (Lipinski definition) is 2. The average Bonchev–Trinajstić information content (AvgIpc) is 2.94. The fourth-order valence-corrected chi connectivity index (χ4v) is 2.46. The molecule has 1 amide bonds. The number of nitrogens with one attached hydrogen (secondary N) is 1. The van der Waals surface area contributed by atoms with Crippen LogP contribution in [-0.2, 0) is 0 Å². The lowest BCUT2D eigenvalue weighted by Crippen LogP contribution is -2.25. The number of carbonyl (C=O) groups is 1. The number of amides is 1. The quantitative estimate of drug-likeness (QED) is 0.795. The van der Waals surface area contributed by atoms with Crippen LogP contribution >= 0.6 is 11.3 Å². The Morgan fingerprint density at radius 2 is 2.05 bits per heavy atom. The van der Waals surface area contributed by atoms with E-state index in [9.17, 15) is 4.79 Å². The monoisotopic (exact) mass is 275 g/mol. The van der Waals surface area contributed by atoms with Crippen molar-refractivity contribution in [2.24, 2.45) is 5.73 Å². The Morgan fingerprint density at radius 3 is 2.79 bits per heavy atom. The second kappa shape index (κ2) is 7.01. The first-order valence-corrected chi connectivity index (χ1v) is 7.18. The number of nitrogens with zero attached hydrogens (tertiary/aromatic N) is 1. The van der Waals surface area contributed by atoms with E-state index in [0.29, 0.717) is 18.8 Å². The molecule has 5 heteroatoms. The van der Waals surface area contributed by atoms with Crippen LogP contribution in [0, 0.1) is 0 Å². The van der Waals surface area contributed by atoms with Gasteiger partial charge in [-0.05, 0) is 19.4 Å². The number of benzene rings is 1. The average molecular weight is 275 g/mol. The number of unbranched alkanes of at least 4 members (excludes halogenated alkanes) is 1. The molecule has 3 N–H and O–H groups in total. The van der Waals surface area contributed by atoms with Gasteiger partial charge in [-0.1, -0.05) is 30.3 Å². The molecule has 0 unspecified atom stereocenters. The van der Waals surface area contributed by atoms with Gasteiger partial charge in [-0.25, -0.2) is 4.98 Å². The maximum atomic E-state index is 11.9. The zero-order chi connectivity index (χ0) is 13.5. The minimum Gasteiger partial charge on any atom is -0.351 e. The number of nitrogens with two attached hydrogens (primary N) is 1. The van der Waals surface area contributed by atoms with Crippen LogP contribution in [0.5, 0.6) is 0 Å². The van der Waals surface area contributed by atoms with E-state index in [1.165, 1.54) is 11.3 Å². The predicted octanol–water partition coefficient (Wildman–Crippen LogP) is 2.28. The highest BCUT2D eigenvalue weighted by atomic mass is 32.1. The van der Waals surface area contributed by atoms with Gasteiger partial charge in [0.1, 0.15) is 10.7 Å². The molecule has 2 aromatic rings. The fourth-order valence-electron chi connectivity index (χ4n) is 1.65. The molecule has 1 aromatic carbocycles. The van der Waals surface area contributed by atoms with Crippen molar-refractivity contribution in [3.8, 4) is 10.6 Å². The third-order valence-electron chi connectivity index (χ3n) is 2.67. The van der Waals surface area contributed by atoms with E-state index < -0.39 is 0 Å². The first-order chi connectivity index (χ1) is 9.31. The van der Waals surface area contributed by atoms with Gasteiger partial charge in [0.25, 0.3) is 5.91 Å². The smallest absolute Gasteiger partial charge is 0.270 e. The van der Waals surface area contributed by atoms with Crippen LogP contribution in [0.1, 0.15) is 23.3 Å². The van der Waals surface area contributed by atoms with Crippen LogP contribution in [0.3, 0.4) is 0 Å². The van der Waals surface area contributed by atoms with E-state index in [1.807, 2.05) is 30.3 Å². The van der Waals surface area contributed by atoms with Gasteiger partial charge in [0, 0.05) is 17.5 Å². The largest absolute Gasteiger partial charge is 0.351 e. The van der Waals surface area contributed by atoms with Crippen molar-refractivity contribution in [1.82, 2.24) is 10.3 Å². The third kappa shape index (κ3) is 3.87. The lowest BCUT2D eigenvalue weighted by molar-refractivity contribution is 0.0949. The topological polar surface area (TPSA) is 68.0 Å². The van der Waals surface area contributed by atoms with E-state index in [1.54, 1.807) is 5.38 Å². The summed E-state index contributed by atoms with van der Waals surface area (Å²) in [6.45, 7) is 1.30. The van der Waals surface area contributed by atoms with Crippen LogP contribution in [0.15, 0.2) is 35.7 Å². The molecule has 0 atom stereocenters. The summed E-state index contributed by atoms with van der Waals surface area (Å²) in [5.41, 5.74) is 6.92. The zero-order valence-corrected chi connectivity index (χ0v) is 11.5. The van der Waals surface area contributed by atoms with Crippen molar-refractivity contribution < 1.29 is 4.79 Å². The van der Waals surface area contributed by atoms with Crippen LogP contribution in [0.25, 0.3) is 10.6 Å². The summed E-state index contributed by atoms with van der Waals surface area (Å²) >= 11 is 1.48. The summed E-state index contributed by atoms with van der Waals surface area (Å²) in [5.74, 6) is -0.115. The first-order valence-electron chi connectivity index (χ1n) is 6.30. The molecule has 0 fully saturated rings. The van der Waals surface area contributed by atoms with Crippen molar-refractivity contribution in [2.75, 3.05) is 13.1 Å². The molecule has 2 rings (SSSR count). The van der Waals surface area contributed by atoms with Crippen molar-refractivity contribution in [2.45, 2.75) is 12.8 Å². The van der Waals surface area contributed by atoms with Gasteiger partial charge in [0.2, 0.25) is 0 Å². The number of thiazole rings is 1. The Labute approximate surface area is 116 Å². The molecule has 4 nitrogen and oxygen atoms in total. The van der Waals surface area contributed by atoms with Gasteiger partial charge in [0.05, 0.1) is 0 Å². The number of carbonyl (C=O) groups excluding carboxylic acids is 1. The number of rotatable bonds is 6. The maximum Gasteiger partial charge on any atom is 0.270 e. The molecule has 0 saturated heterocycles. The molecule has 0 aliphatic rings. The second-order valence-electron chi connectivity index (χ2n) is 4.16. The van der Waals surface area contributed by atoms with E-state index in [2.05, 4.69) is 10.3 Å². The first kappa shape index (κ1) is 13.7. The Balaban J connectivity index is 1.95. The normalized spacial score (nSPS) is 10.4. The highest BCUT2D eigenvalue weighted by Gasteiger charge is 2.10. The van der Waals surface area contributed by atoms with Gasteiger partial charge >= 0.3 is 0 Å². The van der Waals surface area contributed by atoms with Gasteiger partial charge in [0.15, 0.2) is 0 Å². The molecular weight excluding hydrogens is 258 g/mol. The number of hydrogen-bond acceptors (Lipinski definition) is 4. The standard InChI is InChI=1S/C14H17N3OS/c15-8-4-5-9-16-13(18)12-10-19-14(17-12)11-6-2-1-3-7-11/h1-3,6-7,10H,4-5,8-9,15H2,(H,16,18). The fraction of sp³-hybridized carbons (Fsp3) is 0.286. The van der Waals surface area contributed by atoms with Crippen LogP contribution in [0.2, 0.25) is 0 Å². The number of aromatic nitrogens is 1. The summed E-state index contributed by atoms with van der Waals surface area (Å²) in [5, 5.41) is 5.51. The molecule has 0 bridgehead atoms. The van der Waals surface area contributed by atoms with E-state index >= 15 is 0 Å². The molecule has 1 aromatic heterocycles. The van der Waals surface area contributed by atoms with Crippen molar-refractivity contribution >= 4 is 17.2 Å². The van der Waals surface area contributed by atoms with Crippen molar-refractivity contribution in [3.05, 3.63) is 41.4 Å².